The molecule has 0 radical (unpaired) electrons. The van der Waals surface area contributed by atoms with Crippen molar-refractivity contribution >= 4 is 5.65 Å². The molecular formula is C12H13N3. The third kappa shape index (κ3) is 1.71. The Balaban J connectivity index is 2.57. The minimum atomic E-state index is 0.705. The van der Waals surface area contributed by atoms with Gasteiger partial charge in [0.25, 0.3) is 0 Å². The molecule has 3 nitrogen and oxygen atoms in total. The van der Waals surface area contributed by atoms with E-state index in [0.29, 0.717) is 5.56 Å². The van der Waals surface area contributed by atoms with Gasteiger partial charge in [0.05, 0.1) is 17.3 Å². The lowest BCUT2D eigenvalue weighted by molar-refractivity contribution is 0.894. The second kappa shape index (κ2) is 3.74. The van der Waals surface area contributed by atoms with Crippen molar-refractivity contribution in [2.24, 2.45) is 0 Å². The van der Waals surface area contributed by atoms with Gasteiger partial charge in [-0.25, -0.2) is 4.98 Å². The van der Waals surface area contributed by atoms with Gasteiger partial charge in [0, 0.05) is 12.4 Å². The fourth-order valence-corrected chi connectivity index (χ4v) is 1.69. The Kier molecular flexibility index (Phi) is 2.42. The number of nitriles is 1. The van der Waals surface area contributed by atoms with Gasteiger partial charge in [-0.15, -0.1) is 0 Å². The van der Waals surface area contributed by atoms with Crippen molar-refractivity contribution in [1.82, 2.24) is 9.38 Å². The van der Waals surface area contributed by atoms with Crippen molar-refractivity contribution in [3.8, 4) is 6.07 Å². The number of rotatable bonds is 2. The molecule has 2 aromatic rings. The monoisotopic (exact) mass is 199 g/mol. The predicted octanol–water partition coefficient (Wildman–Crippen LogP) is 2.47. The molecular weight excluding hydrogens is 186 g/mol. The summed E-state index contributed by atoms with van der Waals surface area (Å²) in [5, 5.41) is 8.90. The van der Waals surface area contributed by atoms with Crippen LogP contribution in [0.3, 0.4) is 0 Å². The Labute approximate surface area is 89.0 Å². The molecule has 0 N–H and O–H groups in total. The smallest absolute Gasteiger partial charge is 0.138 e. The lowest BCUT2D eigenvalue weighted by atomic mass is 10.2. The van der Waals surface area contributed by atoms with Gasteiger partial charge in [-0.3, -0.25) is 0 Å². The minimum absolute atomic E-state index is 0.705. The Morgan fingerprint density at radius 3 is 2.93 bits per heavy atom. The Hall–Kier alpha value is -1.82. The van der Waals surface area contributed by atoms with Gasteiger partial charge < -0.3 is 4.40 Å². The van der Waals surface area contributed by atoms with E-state index in [1.807, 2.05) is 29.8 Å². The quantitative estimate of drug-likeness (QED) is 0.745. The average molecular weight is 199 g/mol. The number of aromatic nitrogens is 2. The molecule has 76 valence electrons. The summed E-state index contributed by atoms with van der Waals surface area (Å²) in [6, 6.07) is 4.02. The number of aryl methyl sites for hydroxylation is 2. The van der Waals surface area contributed by atoms with Crippen molar-refractivity contribution in [1.29, 1.82) is 5.26 Å². The van der Waals surface area contributed by atoms with Crippen LogP contribution in [0.25, 0.3) is 5.65 Å². The highest BCUT2D eigenvalue weighted by Gasteiger charge is 2.04. The maximum Gasteiger partial charge on any atom is 0.138 e. The SMILES string of the molecule is CCCc1cn2cc(C)c(C#N)cc2n1. The van der Waals surface area contributed by atoms with Gasteiger partial charge in [-0.2, -0.15) is 5.26 Å². The van der Waals surface area contributed by atoms with E-state index in [-0.39, 0.29) is 0 Å². The number of imidazole rings is 1. The number of fused-ring (bicyclic) bond motifs is 1. The third-order valence-corrected chi connectivity index (χ3v) is 2.47. The molecule has 3 heteroatoms. The van der Waals surface area contributed by atoms with Crippen LogP contribution in [0.2, 0.25) is 0 Å². The van der Waals surface area contributed by atoms with Gasteiger partial charge in [0.2, 0.25) is 0 Å². The molecule has 0 aliphatic rings. The molecule has 0 unspecified atom stereocenters. The van der Waals surface area contributed by atoms with E-state index in [0.717, 1.165) is 29.7 Å². The summed E-state index contributed by atoms with van der Waals surface area (Å²) >= 11 is 0. The maximum atomic E-state index is 8.90. The van der Waals surface area contributed by atoms with Crippen LogP contribution in [-0.2, 0) is 6.42 Å². The zero-order chi connectivity index (χ0) is 10.8. The zero-order valence-corrected chi connectivity index (χ0v) is 8.99. The second-order valence-corrected chi connectivity index (χ2v) is 3.73. The summed E-state index contributed by atoms with van der Waals surface area (Å²) in [5.74, 6) is 0. The van der Waals surface area contributed by atoms with E-state index in [4.69, 9.17) is 5.26 Å². The molecule has 2 aromatic heterocycles. The van der Waals surface area contributed by atoms with Gasteiger partial charge in [0.1, 0.15) is 5.65 Å². The van der Waals surface area contributed by atoms with E-state index >= 15 is 0 Å². The number of nitrogens with zero attached hydrogens (tertiary/aromatic N) is 3. The van der Waals surface area contributed by atoms with Crippen LogP contribution in [0.1, 0.15) is 30.2 Å². The van der Waals surface area contributed by atoms with Gasteiger partial charge in [-0.1, -0.05) is 13.3 Å². The summed E-state index contributed by atoms with van der Waals surface area (Å²) < 4.78 is 1.99. The summed E-state index contributed by atoms with van der Waals surface area (Å²) in [5.41, 5.74) is 3.65. The molecule has 0 aliphatic carbocycles. The highest BCUT2D eigenvalue weighted by molar-refractivity contribution is 5.50. The highest BCUT2D eigenvalue weighted by Crippen LogP contribution is 2.12. The fourth-order valence-electron chi connectivity index (χ4n) is 1.69. The summed E-state index contributed by atoms with van der Waals surface area (Å²) in [6.45, 7) is 4.08. The van der Waals surface area contributed by atoms with E-state index in [9.17, 15) is 0 Å². The molecule has 0 aliphatic heterocycles. The van der Waals surface area contributed by atoms with Crippen LogP contribution in [0.4, 0.5) is 0 Å². The first kappa shape index (κ1) is 9.72. The van der Waals surface area contributed by atoms with Gasteiger partial charge in [-0.05, 0) is 25.0 Å². The molecule has 0 saturated carbocycles. The molecule has 0 fully saturated rings. The molecule has 2 heterocycles. The molecule has 0 aromatic carbocycles. The van der Waals surface area contributed by atoms with Crippen molar-refractivity contribution in [3.05, 3.63) is 35.3 Å². The second-order valence-electron chi connectivity index (χ2n) is 3.73. The van der Waals surface area contributed by atoms with Crippen molar-refractivity contribution in [2.45, 2.75) is 26.7 Å². The molecule has 0 saturated heterocycles. The molecule has 0 spiro atoms. The average Bonchev–Trinajstić information content (AvgIpc) is 2.58. The van der Waals surface area contributed by atoms with Gasteiger partial charge in [0.15, 0.2) is 0 Å². The van der Waals surface area contributed by atoms with E-state index in [1.54, 1.807) is 0 Å². The van der Waals surface area contributed by atoms with Crippen LogP contribution >= 0.6 is 0 Å². The number of pyridine rings is 1. The molecule has 0 atom stereocenters. The normalized spacial score (nSPS) is 10.5. The number of hydrogen-bond acceptors (Lipinski definition) is 2. The maximum absolute atomic E-state index is 8.90. The van der Waals surface area contributed by atoms with E-state index in [2.05, 4.69) is 18.0 Å². The fraction of sp³-hybridized carbons (Fsp3) is 0.333. The molecule has 0 bridgehead atoms. The van der Waals surface area contributed by atoms with Crippen LogP contribution < -0.4 is 0 Å². The highest BCUT2D eigenvalue weighted by atomic mass is 15.0. The molecule has 15 heavy (non-hydrogen) atoms. The topological polar surface area (TPSA) is 41.1 Å². The standard InChI is InChI=1S/C12H13N3/c1-3-4-11-8-15-7-9(2)10(6-13)5-12(15)14-11/h5,7-8H,3-4H2,1-2H3. The summed E-state index contributed by atoms with van der Waals surface area (Å²) in [6.07, 6.45) is 6.07. The van der Waals surface area contributed by atoms with Crippen molar-refractivity contribution < 1.29 is 0 Å². The van der Waals surface area contributed by atoms with Crippen LogP contribution in [0, 0.1) is 18.3 Å². The Morgan fingerprint density at radius 2 is 2.27 bits per heavy atom. The summed E-state index contributed by atoms with van der Waals surface area (Å²) in [4.78, 5) is 4.46. The van der Waals surface area contributed by atoms with Crippen LogP contribution in [0.15, 0.2) is 18.5 Å². The van der Waals surface area contributed by atoms with E-state index < -0.39 is 0 Å². The summed E-state index contributed by atoms with van der Waals surface area (Å²) in [7, 11) is 0. The first-order valence-electron chi connectivity index (χ1n) is 5.13. The van der Waals surface area contributed by atoms with Crippen molar-refractivity contribution in [2.75, 3.05) is 0 Å². The first-order chi connectivity index (χ1) is 7.24. The van der Waals surface area contributed by atoms with Crippen molar-refractivity contribution in [3.63, 3.8) is 0 Å². The lowest BCUT2D eigenvalue weighted by Gasteiger charge is -1.97. The third-order valence-electron chi connectivity index (χ3n) is 2.47. The minimum Gasteiger partial charge on any atom is -0.306 e. The number of hydrogen-bond donors (Lipinski definition) is 0. The predicted molar refractivity (Wildman–Crippen MR) is 58.6 cm³/mol. The molecule has 0 amide bonds. The van der Waals surface area contributed by atoms with Gasteiger partial charge >= 0.3 is 0 Å². The molecule has 2 rings (SSSR count). The Morgan fingerprint density at radius 1 is 1.47 bits per heavy atom. The van der Waals surface area contributed by atoms with Crippen LogP contribution in [-0.4, -0.2) is 9.38 Å². The zero-order valence-electron chi connectivity index (χ0n) is 8.99. The van der Waals surface area contributed by atoms with Crippen LogP contribution in [0.5, 0.6) is 0 Å². The van der Waals surface area contributed by atoms with E-state index in [1.165, 1.54) is 0 Å². The largest absolute Gasteiger partial charge is 0.306 e. The first-order valence-corrected chi connectivity index (χ1v) is 5.13. The lowest BCUT2D eigenvalue weighted by Crippen LogP contribution is -1.88. The Bertz CT molecular complexity index is 532.